The molecule has 0 radical (unpaired) electrons. The normalized spacial score (nSPS) is 26.4. The third-order valence-electron chi connectivity index (χ3n) is 3.77. The molecule has 1 saturated heterocycles. The van der Waals surface area contributed by atoms with Crippen LogP contribution in [0.15, 0.2) is 18.2 Å². The number of carbonyl (C=O) groups excluding carboxylic acids is 1. The van der Waals surface area contributed by atoms with Gasteiger partial charge in [0.05, 0.1) is 18.6 Å². The number of ether oxygens (including phenoxy) is 3. The maximum absolute atomic E-state index is 11.8. The van der Waals surface area contributed by atoms with Crippen molar-refractivity contribution in [3.63, 3.8) is 0 Å². The quantitative estimate of drug-likeness (QED) is 0.849. The molecule has 6 nitrogen and oxygen atoms in total. The number of hydrogen-bond donors (Lipinski definition) is 1. The number of carbonyl (C=O) groups is 1. The molecular weight excluding hydrogens is 272 g/mol. The van der Waals surface area contributed by atoms with Gasteiger partial charge < -0.3 is 14.2 Å². The molecular formula is C15H16N2O4. The lowest BCUT2D eigenvalue weighted by molar-refractivity contribution is -0.145. The molecule has 1 fully saturated rings. The highest BCUT2D eigenvalue weighted by molar-refractivity contribution is 5.76. The summed E-state index contributed by atoms with van der Waals surface area (Å²) in [7, 11) is 0. The fourth-order valence-electron chi connectivity index (χ4n) is 2.76. The molecule has 0 amide bonds. The first kappa shape index (κ1) is 13.7. The lowest BCUT2D eigenvalue weighted by Gasteiger charge is -2.15. The van der Waals surface area contributed by atoms with Crippen molar-refractivity contribution in [1.82, 2.24) is 5.32 Å². The molecule has 2 heterocycles. The van der Waals surface area contributed by atoms with E-state index >= 15 is 0 Å². The van der Waals surface area contributed by atoms with Crippen LogP contribution in [0.25, 0.3) is 0 Å². The lowest BCUT2D eigenvalue weighted by atomic mass is 9.94. The largest absolute Gasteiger partial charge is 0.465 e. The molecule has 3 rings (SSSR count). The van der Waals surface area contributed by atoms with Crippen molar-refractivity contribution in [2.75, 3.05) is 13.4 Å². The summed E-state index contributed by atoms with van der Waals surface area (Å²) in [6.07, 6.45) is 0.453. The fraction of sp³-hybridized carbons (Fsp3) is 0.467. The third kappa shape index (κ3) is 2.52. The Morgan fingerprint density at radius 3 is 3.05 bits per heavy atom. The minimum atomic E-state index is -0.440. The van der Waals surface area contributed by atoms with E-state index < -0.39 is 6.04 Å². The van der Waals surface area contributed by atoms with Crippen LogP contribution in [-0.4, -0.2) is 25.4 Å². The Labute approximate surface area is 122 Å². The zero-order valence-corrected chi connectivity index (χ0v) is 11.7. The second kappa shape index (κ2) is 5.62. The fourth-order valence-corrected chi connectivity index (χ4v) is 2.76. The number of nitrogens with zero attached hydrogens (tertiary/aromatic N) is 1. The molecule has 0 aromatic heterocycles. The van der Waals surface area contributed by atoms with Gasteiger partial charge in [-0.05, 0) is 31.0 Å². The Kier molecular flexibility index (Phi) is 3.67. The minimum absolute atomic E-state index is 0.209. The first-order chi connectivity index (χ1) is 10.2. The Bertz CT molecular complexity index is 596. The van der Waals surface area contributed by atoms with Gasteiger partial charge in [-0.25, -0.2) is 0 Å². The molecule has 0 aliphatic carbocycles. The van der Waals surface area contributed by atoms with Gasteiger partial charge in [-0.2, -0.15) is 5.26 Å². The van der Waals surface area contributed by atoms with Crippen molar-refractivity contribution in [3.05, 3.63) is 23.8 Å². The van der Waals surface area contributed by atoms with Gasteiger partial charge in [0, 0.05) is 6.04 Å². The van der Waals surface area contributed by atoms with Crippen LogP contribution in [0.2, 0.25) is 0 Å². The third-order valence-corrected chi connectivity index (χ3v) is 3.77. The molecule has 0 bridgehead atoms. The van der Waals surface area contributed by atoms with Crippen LogP contribution in [0.1, 0.15) is 24.9 Å². The number of hydrogen-bond acceptors (Lipinski definition) is 6. The average Bonchev–Trinajstić information content (AvgIpc) is 3.13. The van der Waals surface area contributed by atoms with Gasteiger partial charge in [-0.3, -0.25) is 10.1 Å². The van der Waals surface area contributed by atoms with Crippen molar-refractivity contribution in [2.45, 2.75) is 25.4 Å². The van der Waals surface area contributed by atoms with E-state index in [0.29, 0.717) is 24.5 Å². The van der Waals surface area contributed by atoms with Crippen LogP contribution < -0.4 is 14.8 Å². The molecule has 21 heavy (non-hydrogen) atoms. The summed E-state index contributed by atoms with van der Waals surface area (Å²) < 4.78 is 15.7. The summed E-state index contributed by atoms with van der Waals surface area (Å²) in [5.41, 5.74) is 0.914. The predicted octanol–water partition coefficient (Wildman–Crippen LogP) is 1.52. The highest BCUT2D eigenvalue weighted by Crippen LogP contribution is 2.38. The second-order valence-corrected chi connectivity index (χ2v) is 5.03. The van der Waals surface area contributed by atoms with Gasteiger partial charge in [-0.1, -0.05) is 6.07 Å². The molecule has 0 saturated carbocycles. The van der Waals surface area contributed by atoms with Gasteiger partial charge >= 0.3 is 5.97 Å². The van der Waals surface area contributed by atoms with Gasteiger partial charge in [0.1, 0.15) is 6.04 Å². The number of rotatable bonds is 3. The molecule has 6 heteroatoms. The topological polar surface area (TPSA) is 80.6 Å². The summed E-state index contributed by atoms with van der Waals surface area (Å²) in [5, 5.41) is 12.5. The summed E-state index contributed by atoms with van der Waals surface area (Å²) in [6, 6.07) is 7.19. The van der Waals surface area contributed by atoms with E-state index in [1.807, 2.05) is 18.2 Å². The summed E-state index contributed by atoms with van der Waals surface area (Å²) in [4.78, 5) is 11.8. The van der Waals surface area contributed by atoms with E-state index in [0.717, 1.165) is 5.56 Å². The van der Waals surface area contributed by atoms with Gasteiger partial charge in [0.2, 0.25) is 6.79 Å². The predicted molar refractivity (Wildman–Crippen MR) is 72.6 cm³/mol. The molecule has 0 unspecified atom stereocenters. The van der Waals surface area contributed by atoms with Crippen LogP contribution in [0.5, 0.6) is 11.5 Å². The highest BCUT2D eigenvalue weighted by atomic mass is 16.7. The number of fused-ring (bicyclic) bond motifs is 1. The Balaban J connectivity index is 1.81. The van der Waals surface area contributed by atoms with Crippen molar-refractivity contribution in [2.24, 2.45) is 5.92 Å². The van der Waals surface area contributed by atoms with E-state index in [4.69, 9.17) is 14.2 Å². The van der Waals surface area contributed by atoms with Gasteiger partial charge in [0.25, 0.3) is 0 Å². The van der Waals surface area contributed by atoms with Crippen molar-refractivity contribution in [3.8, 4) is 17.6 Å². The Morgan fingerprint density at radius 1 is 1.48 bits per heavy atom. The van der Waals surface area contributed by atoms with Crippen LogP contribution in [0, 0.1) is 17.2 Å². The maximum Gasteiger partial charge on any atom is 0.323 e. The molecule has 0 spiro atoms. The van der Waals surface area contributed by atoms with E-state index in [2.05, 4.69) is 11.4 Å². The number of esters is 1. The van der Waals surface area contributed by atoms with E-state index in [1.165, 1.54) is 0 Å². The molecule has 110 valence electrons. The summed E-state index contributed by atoms with van der Waals surface area (Å²) >= 11 is 0. The first-order valence-corrected chi connectivity index (χ1v) is 6.94. The SMILES string of the molecule is CCOC(=O)[C@@H]1C[C@H](C#N)[C@H](c2ccc3c(c2)OCO3)N1. The number of nitriles is 1. The summed E-state index contributed by atoms with van der Waals surface area (Å²) in [5.74, 6) is 0.790. The van der Waals surface area contributed by atoms with Crippen LogP contribution in [-0.2, 0) is 9.53 Å². The van der Waals surface area contributed by atoms with Crippen molar-refractivity contribution < 1.29 is 19.0 Å². The molecule has 2 aliphatic heterocycles. The van der Waals surface area contributed by atoms with E-state index in [-0.39, 0.29) is 24.7 Å². The molecule has 1 aromatic rings. The van der Waals surface area contributed by atoms with Gasteiger partial charge in [-0.15, -0.1) is 0 Å². The smallest absolute Gasteiger partial charge is 0.323 e. The van der Waals surface area contributed by atoms with Crippen LogP contribution >= 0.6 is 0 Å². The lowest BCUT2D eigenvalue weighted by Crippen LogP contribution is -2.33. The van der Waals surface area contributed by atoms with Crippen molar-refractivity contribution >= 4 is 5.97 Å². The number of benzene rings is 1. The zero-order chi connectivity index (χ0) is 14.8. The average molecular weight is 288 g/mol. The molecule has 2 aliphatic rings. The molecule has 3 atom stereocenters. The standard InChI is InChI=1S/C15H16N2O4/c1-2-19-15(18)11-5-10(7-16)14(17-11)9-3-4-12-13(6-9)21-8-20-12/h3-4,6,10-11,14,17H,2,5,8H2,1H3/t10-,11+,14+/m1/s1. The zero-order valence-electron chi connectivity index (χ0n) is 11.7. The number of nitrogens with one attached hydrogen (secondary N) is 1. The first-order valence-electron chi connectivity index (χ1n) is 6.94. The molecule has 1 N–H and O–H groups in total. The minimum Gasteiger partial charge on any atom is -0.465 e. The van der Waals surface area contributed by atoms with Crippen LogP contribution in [0.3, 0.4) is 0 Å². The monoisotopic (exact) mass is 288 g/mol. The van der Waals surface area contributed by atoms with E-state index in [1.54, 1.807) is 6.92 Å². The van der Waals surface area contributed by atoms with Crippen LogP contribution in [0.4, 0.5) is 0 Å². The highest BCUT2D eigenvalue weighted by Gasteiger charge is 2.39. The summed E-state index contributed by atoms with van der Waals surface area (Å²) in [6.45, 7) is 2.32. The Morgan fingerprint density at radius 2 is 2.29 bits per heavy atom. The van der Waals surface area contributed by atoms with Crippen molar-refractivity contribution in [1.29, 1.82) is 5.26 Å². The Hall–Kier alpha value is -2.26. The van der Waals surface area contributed by atoms with Gasteiger partial charge in [0.15, 0.2) is 11.5 Å². The van der Waals surface area contributed by atoms with E-state index in [9.17, 15) is 10.1 Å². The maximum atomic E-state index is 11.8. The molecule has 1 aromatic carbocycles. The second-order valence-electron chi connectivity index (χ2n) is 5.03.